The van der Waals surface area contributed by atoms with Crippen molar-refractivity contribution in [2.24, 2.45) is 0 Å². The van der Waals surface area contributed by atoms with Crippen molar-refractivity contribution < 1.29 is 0 Å². The van der Waals surface area contributed by atoms with Crippen molar-refractivity contribution in [3.63, 3.8) is 0 Å². The molecule has 0 saturated carbocycles. The van der Waals surface area contributed by atoms with Crippen molar-refractivity contribution in [3.8, 4) is 0 Å². The molecule has 58 valence electrons. The Labute approximate surface area is 64.3 Å². The summed E-state index contributed by atoms with van der Waals surface area (Å²) in [6, 6.07) is 0. The lowest BCUT2D eigenvalue weighted by molar-refractivity contribution is 0.629. The highest BCUT2D eigenvalue weighted by molar-refractivity contribution is 4.97. The first kappa shape index (κ1) is 7.84. The van der Waals surface area contributed by atoms with Crippen LogP contribution < -0.4 is 0 Å². The molecule has 0 atom stereocenters. The second kappa shape index (κ2) is 4.54. The summed E-state index contributed by atoms with van der Waals surface area (Å²) in [7, 11) is 0. The Morgan fingerprint density at radius 2 is 1.70 bits per heavy atom. The molecule has 0 amide bonds. The van der Waals surface area contributed by atoms with Crippen LogP contribution in [0.5, 0.6) is 0 Å². The molecule has 1 aliphatic carbocycles. The van der Waals surface area contributed by atoms with E-state index >= 15 is 0 Å². The lowest BCUT2D eigenvalue weighted by atomic mass is 10.1. The minimum absolute atomic E-state index is 1.33. The first-order chi connectivity index (χ1) is 4.89. The summed E-state index contributed by atoms with van der Waals surface area (Å²) < 4.78 is 0. The zero-order valence-electron chi connectivity index (χ0n) is 7.03. The van der Waals surface area contributed by atoms with E-state index in [1.807, 2.05) is 0 Å². The number of rotatable bonds is 0. The predicted octanol–water partition coefficient (Wildman–Crippen LogP) is 3.68. The molecule has 0 heterocycles. The van der Waals surface area contributed by atoms with Gasteiger partial charge in [0.1, 0.15) is 0 Å². The van der Waals surface area contributed by atoms with Gasteiger partial charge in [-0.05, 0) is 32.6 Å². The van der Waals surface area contributed by atoms with E-state index in [9.17, 15) is 0 Å². The van der Waals surface area contributed by atoms with Crippen molar-refractivity contribution in [2.75, 3.05) is 0 Å². The van der Waals surface area contributed by atoms with Crippen LogP contribution >= 0.6 is 0 Å². The van der Waals surface area contributed by atoms with E-state index in [4.69, 9.17) is 0 Å². The van der Waals surface area contributed by atoms with Gasteiger partial charge in [-0.25, -0.2) is 0 Å². The number of hydrogen-bond donors (Lipinski definition) is 0. The average molecular weight is 138 g/mol. The summed E-state index contributed by atoms with van der Waals surface area (Å²) in [6.07, 6.45) is 12.3. The van der Waals surface area contributed by atoms with Crippen LogP contribution in [0.15, 0.2) is 11.6 Å². The summed E-state index contributed by atoms with van der Waals surface area (Å²) in [4.78, 5) is 0. The van der Waals surface area contributed by atoms with Gasteiger partial charge in [0.15, 0.2) is 0 Å². The molecule has 0 aromatic carbocycles. The maximum atomic E-state index is 2.42. The van der Waals surface area contributed by atoms with Crippen molar-refractivity contribution in [2.45, 2.75) is 51.9 Å². The van der Waals surface area contributed by atoms with Gasteiger partial charge >= 0.3 is 0 Å². The van der Waals surface area contributed by atoms with Crippen LogP contribution in [0.4, 0.5) is 0 Å². The van der Waals surface area contributed by atoms with Crippen LogP contribution in [0.2, 0.25) is 0 Å². The van der Waals surface area contributed by atoms with Gasteiger partial charge in [0.05, 0.1) is 0 Å². The third-order valence-corrected chi connectivity index (χ3v) is 2.27. The van der Waals surface area contributed by atoms with Gasteiger partial charge < -0.3 is 0 Å². The SMILES string of the molecule is CC1=CCCCCCCC1. The molecule has 0 fully saturated rings. The molecule has 0 N–H and O–H groups in total. The van der Waals surface area contributed by atoms with Crippen LogP contribution in [0.25, 0.3) is 0 Å². The van der Waals surface area contributed by atoms with Gasteiger partial charge in [-0.3, -0.25) is 0 Å². The fourth-order valence-electron chi connectivity index (χ4n) is 1.53. The van der Waals surface area contributed by atoms with E-state index in [-0.39, 0.29) is 0 Å². The Morgan fingerprint density at radius 1 is 1.00 bits per heavy atom. The summed E-state index contributed by atoms with van der Waals surface area (Å²) in [5, 5.41) is 0. The molecule has 10 heavy (non-hydrogen) atoms. The normalized spacial score (nSPS) is 22.3. The van der Waals surface area contributed by atoms with Gasteiger partial charge in [-0.2, -0.15) is 0 Å². The van der Waals surface area contributed by atoms with Gasteiger partial charge in [0, 0.05) is 0 Å². The molecular formula is C10H18. The maximum Gasteiger partial charge on any atom is -0.0323 e. The maximum absolute atomic E-state index is 2.42. The fraction of sp³-hybridized carbons (Fsp3) is 0.800. The van der Waals surface area contributed by atoms with Crippen molar-refractivity contribution in [1.29, 1.82) is 0 Å². The Hall–Kier alpha value is -0.260. The molecule has 0 spiro atoms. The molecule has 1 rings (SSSR count). The molecule has 0 aliphatic heterocycles. The molecule has 0 aromatic rings. The van der Waals surface area contributed by atoms with Crippen LogP contribution in [-0.4, -0.2) is 0 Å². The van der Waals surface area contributed by atoms with E-state index in [1.54, 1.807) is 5.57 Å². The van der Waals surface area contributed by atoms with Crippen LogP contribution in [0.1, 0.15) is 51.9 Å². The smallest absolute Gasteiger partial charge is 0.0323 e. The van der Waals surface area contributed by atoms with Crippen molar-refractivity contribution in [3.05, 3.63) is 11.6 Å². The minimum Gasteiger partial charge on any atom is -0.0856 e. The summed E-state index contributed by atoms with van der Waals surface area (Å²) >= 11 is 0. The van der Waals surface area contributed by atoms with E-state index < -0.39 is 0 Å². The molecule has 0 aromatic heterocycles. The summed E-state index contributed by atoms with van der Waals surface area (Å²) in [5.74, 6) is 0. The molecule has 0 heteroatoms. The van der Waals surface area contributed by atoms with E-state index in [1.165, 1.54) is 44.9 Å². The lowest BCUT2D eigenvalue weighted by Crippen LogP contribution is -1.76. The summed E-state index contributed by atoms with van der Waals surface area (Å²) in [6.45, 7) is 2.27. The fourth-order valence-corrected chi connectivity index (χ4v) is 1.53. The quantitative estimate of drug-likeness (QED) is 0.448. The molecule has 0 radical (unpaired) electrons. The van der Waals surface area contributed by atoms with Gasteiger partial charge in [0.25, 0.3) is 0 Å². The molecule has 0 saturated heterocycles. The third-order valence-electron chi connectivity index (χ3n) is 2.27. The molecule has 0 bridgehead atoms. The Balaban J connectivity index is 2.29. The summed E-state index contributed by atoms with van der Waals surface area (Å²) in [5.41, 5.74) is 1.61. The lowest BCUT2D eigenvalue weighted by Gasteiger charge is -1.96. The Morgan fingerprint density at radius 3 is 2.60 bits per heavy atom. The largest absolute Gasteiger partial charge is 0.0856 e. The highest BCUT2D eigenvalue weighted by Crippen LogP contribution is 2.15. The van der Waals surface area contributed by atoms with Crippen LogP contribution in [-0.2, 0) is 0 Å². The highest BCUT2D eigenvalue weighted by atomic mass is 14.0. The predicted molar refractivity (Wildman–Crippen MR) is 46.1 cm³/mol. The Bertz CT molecular complexity index is 111. The Kier molecular flexibility index (Phi) is 3.56. The zero-order chi connectivity index (χ0) is 7.23. The minimum atomic E-state index is 1.33. The standard InChI is InChI=1S/C10H18/c1-10-8-6-4-2-3-5-7-9-10/h8H,2-7,9H2,1H3. The van der Waals surface area contributed by atoms with Crippen LogP contribution in [0, 0.1) is 0 Å². The van der Waals surface area contributed by atoms with E-state index in [2.05, 4.69) is 13.0 Å². The number of allylic oxidation sites excluding steroid dienone is 2. The van der Waals surface area contributed by atoms with Crippen molar-refractivity contribution in [1.82, 2.24) is 0 Å². The molecule has 0 unspecified atom stereocenters. The first-order valence-electron chi connectivity index (χ1n) is 4.55. The highest BCUT2D eigenvalue weighted by Gasteiger charge is 1.95. The van der Waals surface area contributed by atoms with Gasteiger partial charge in [0.2, 0.25) is 0 Å². The molecular weight excluding hydrogens is 120 g/mol. The van der Waals surface area contributed by atoms with Crippen molar-refractivity contribution >= 4 is 0 Å². The second-order valence-corrected chi connectivity index (χ2v) is 3.36. The third kappa shape index (κ3) is 3.05. The molecule has 1 aliphatic rings. The average Bonchev–Trinajstić information content (AvgIpc) is 2.02. The van der Waals surface area contributed by atoms with Crippen LogP contribution in [0.3, 0.4) is 0 Å². The number of hydrogen-bond acceptors (Lipinski definition) is 0. The second-order valence-electron chi connectivity index (χ2n) is 3.36. The van der Waals surface area contributed by atoms with E-state index in [0.717, 1.165) is 0 Å². The zero-order valence-corrected chi connectivity index (χ0v) is 7.03. The monoisotopic (exact) mass is 138 g/mol. The van der Waals surface area contributed by atoms with E-state index in [0.29, 0.717) is 0 Å². The topological polar surface area (TPSA) is 0 Å². The van der Waals surface area contributed by atoms with Gasteiger partial charge in [-0.1, -0.05) is 30.9 Å². The van der Waals surface area contributed by atoms with Gasteiger partial charge in [-0.15, -0.1) is 0 Å². The first-order valence-corrected chi connectivity index (χ1v) is 4.55. The molecule has 0 nitrogen and oxygen atoms in total.